The van der Waals surface area contributed by atoms with Gasteiger partial charge in [-0.25, -0.2) is 4.79 Å². The van der Waals surface area contributed by atoms with E-state index in [0.29, 0.717) is 6.54 Å². The number of nitrogens with zero attached hydrogens (tertiary/aromatic N) is 1. The lowest BCUT2D eigenvalue weighted by Gasteiger charge is -2.30. The number of likely N-dealkylation sites (tertiary alicyclic amines) is 1. The summed E-state index contributed by atoms with van der Waals surface area (Å²) in [7, 11) is 0. The van der Waals surface area contributed by atoms with Crippen molar-refractivity contribution in [3.8, 4) is 0 Å². The SMILES string of the molecule is CCc1cccc(C)c1NC(=O)N1CCCC(O)C1. The first-order valence-electron chi connectivity index (χ1n) is 6.94. The quantitative estimate of drug-likeness (QED) is 0.860. The summed E-state index contributed by atoms with van der Waals surface area (Å²) >= 11 is 0. The number of amides is 2. The van der Waals surface area contributed by atoms with Crippen molar-refractivity contribution in [1.29, 1.82) is 0 Å². The van der Waals surface area contributed by atoms with Crippen LogP contribution in [0.3, 0.4) is 0 Å². The lowest BCUT2D eigenvalue weighted by atomic mass is 10.1. The second-order valence-electron chi connectivity index (χ2n) is 5.13. The molecule has 0 aliphatic carbocycles. The molecule has 0 radical (unpaired) electrons. The fourth-order valence-corrected chi connectivity index (χ4v) is 2.53. The number of aryl methyl sites for hydroxylation is 2. The van der Waals surface area contributed by atoms with E-state index in [4.69, 9.17) is 0 Å². The minimum Gasteiger partial charge on any atom is -0.391 e. The Bertz CT molecular complexity index is 459. The van der Waals surface area contributed by atoms with Gasteiger partial charge < -0.3 is 15.3 Å². The van der Waals surface area contributed by atoms with Crippen LogP contribution >= 0.6 is 0 Å². The molecule has 1 unspecified atom stereocenters. The summed E-state index contributed by atoms with van der Waals surface area (Å²) in [4.78, 5) is 13.9. The first kappa shape index (κ1) is 13.9. The summed E-state index contributed by atoms with van der Waals surface area (Å²) in [5.74, 6) is 0. The van der Waals surface area contributed by atoms with E-state index >= 15 is 0 Å². The molecule has 1 aliphatic heterocycles. The highest BCUT2D eigenvalue weighted by atomic mass is 16.3. The zero-order chi connectivity index (χ0) is 13.8. The molecule has 1 aromatic rings. The number of aliphatic hydroxyl groups excluding tert-OH is 1. The minimum atomic E-state index is -0.387. The summed E-state index contributed by atoms with van der Waals surface area (Å²) in [6.07, 6.45) is 2.15. The number of hydrogen-bond donors (Lipinski definition) is 2. The molecule has 0 saturated carbocycles. The molecule has 2 N–H and O–H groups in total. The van der Waals surface area contributed by atoms with Crippen LogP contribution in [0.25, 0.3) is 0 Å². The van der Waals surface area contributed by atoms with Gasteiger partial charge in [-0.15, -0.1) is 0 Å². The van der Waals surface area contributed by atoms with Crippen molar-refractivity contribution < 1.29 is 9.90 Å². The van der Waals surface area contributed by atoms with E-state index in [1.165, 1.54) is 0 Å². The molecule has 4 heteroatoms. The molecule has 1 atom stereocenters. The molecule has 104 valence electrons. The number of benzene rings is 1. The van der Waals surface area contributed by atoms with Crippen LogP contribution in [0.15, 0.2) is 18.2 Å². The number of anilines is 1. The van der Waals surface area contributed by atoms with Crippen LogP contribution in [0.2, 0.25) is 0 Å². The lowest BCUT2D eigenvalue weighted by Crippen LogP contribution is -2.44. The highest BCUT2D eigenvalue weighted by molar-refractivity contribution is 5.91. The van der Waals surface area contributed by atoms with Gasteiger partial charge in [0.2, 0.25) is 0 Å². The van der Waals surface area contributed by atoms with E-state index < -0.39 is 0 Å². The van der Waals surface area contributed by atoms with Gasteiger partial charge >= 0.3 is 6.03 Å². The Morgan fingerprint density at radius 3 is 3.00 bits per heavy atom. The topological polar surface area (TPSA) is 52.6 Å². The number of nitrogens with one attached hydrogen (secondary N) is 1. The molecule has 1 aromatic carbocycles. The molecule has 2 amide bonds. The summed E-state index contributed by atoms with van der Waals surface area (Å²) < 4.78 is 0. The summed E-state index contributed by atoms with van der Waals surface area (Å²) in [5.41, 5.74) is 3.13. The monoisotopic (exact) mass is 262 g/mol. The molecule has 1 fully saturated rings. The molecule has 1 heterocycles. The van der Waals surface area contributed by atoms with Crippen molar-refractivity contribution in [2.45, 2.75) is 39.2 Å². The van der Waals surface area contributed by atoms with Crippen LogP contribution in [0.4, 0.5) is 10.5 Å². The minimum absolute atomic E-state index is 0.109. The summed E-state index contributed by atoms with van der Waals surface area (Å²) in [6, 6.07) is 5.94. The van der Waals surface area contributed by atoms with Crippen LogP contribution in [-0.2, 0) is 6.42 Å². The number of para-hydroxylation sites is 1. The molecular weight excluding hydrogens is 240 g/mol. The fourth-order valence-electron chi connectivity index (χ4n) is 2.53. The van der Waals surface area contributed by atoms with Crippen LogP contribution in [0.1, 0.15) is 30.9 Å². The fraction of sp³-hybridized carbons (Fsp3) is 0.533. The average Bonchev–Trinajstić information content (AvgIpc) is 2.41. The van der Waals surface area contributed by atoms with Crippen LogP contribution in [-0.4, -0.2) is 35.2 Å². The van der Waals surface area contributed by atoms with Gasteiger partial charge in [0.05, 0.1) is 6.10 Å². The number of carbonyl (C=O) groups excluding carboxylic acids is 1. The van der Waals surface area contributed by atoms with Crippen LogP contribution in [0.5, 0.6) is 0 Å². The zero-order valence-corrected chi connectivity index (χ0v) is 11.6. The van der Waals surface area contributed by atoms with Gasteiger partial charge in [-0.3, -0.25) is 0 Å². The Kier molecular flexibility index (Phi) is 4.43. The molecule has 0 bridgehead atoms. The molecule has 1 saturated heterocycles. The number of β-amino-alcohol motifs (C(OH)–C–C–N with tert-alkyl or cyclic N) is 1. The van der Waals surface area contributed by atoms with Crippen molar-refractivity contribution in [3.05, 3.63) is 29.3 Å². The standard InChI is InChI=1S/C15H22N2O2/c1-3-12-7-4-6-11(2)14(12)16-15(19)17-9-5-8-13(18)10-17/h4,6-7,13,18H,3,5,8-10H2,1-2H3,(H,16,19). The predicted molar refractivity (Wildman–Crippen MR) is 76.4 cm³/mol. The maximum Gasteiger partial charge on any atom is 0.321 e. The number of rotatable bonds is 2. The molecule has 2 rings (SSSR count). The van der Waals surface area contributed by atoms with Gasteiger partial charge in [-0.05, 0) is 37.3 Å². The van der Waals surface area contributed by atoms with Crippen LogP contribution in [0, 0.1) is 6.92 Å². The smallest absolute Gasteiger partial charge is 0.321 e. The van der Waals surface area contributed by atoms with E-state index in [1.54, 1.807) is 4.90 Å². The lowest BCUT2D eigenvalue weighted by molar-refractivity contribution is 0.0883. The third kappa shape index (κ3) is 3.26. The first-order valence-corrected chi connectivity index (χ1v) is 6.94. The second-order valence-corrected chi connectivity index (χ2v) is 5.13. The van der Waals surface area contributed by atoms with Crippen LogP contribution < -0.4 is 5.32 Å². The molecular formula is C15H22N2O2. The highest BCUT2D eigenvalue weighted by Crippen LogP contribution is 2.22. The average molecular weight is 262 g/mol. The van der Waals surface area contributed by atoms with E-state index in [1.807, 2.05) is 25.1 Å². The Hall–Kier alpha value is -1.55. The van der Waals surface area contributed by atoms with Gasteiger partial charge in [-0.2, -0.15) is 0 Å². The first-order chi connectivity index (χ1) is 9.11. The summed E-state index contributed by atoms with van der Waals surface area (Å²) in [5, 5.41) is 12.6. The molecule has 1 aliphatic rings. The Morgan fingerprint density at radius 2 is 2.32 bits per heavy atom. The third-order valence-electron chi connectivity index (χ3n) is 3.66. The summed E-state index contributed by atoms with van der Waals surface area (Å²) in [6.45, 7) is 5.23. The molecule has 19 heavy (non-hydrogen) atoms. The van der Waals surface area contributed by atoms with Crippen molar-refractivity contribution >= 4 is 11.7 Å². The van der Waals surface area contributed by atoms with E-state index in [9.17, 15) is 9.90 Å². The number of hydrogen-bond acceptors (Lipinski definition) is 2. The second kappa shape index (κ2) is 6.06. The molecule has 0 aromatic heterocycles. The van der Waals surface area contributed by atoms with Gasteiger partial charge in [0.1, 0.15) is 0 Å². The Morgan fingerprint density at radius 1 is 1.53 bits per heavy atom. The number of aliphatic hydroxyl groups is 1. The molecule has 0 spiro atoms. The van der Waals surface area contributed by atoms with E-state index in [0.717, 1.165) is 42.6 Å². The van der Waals surface area contributed by atoms with Gasteiger partial charge in [0, 0.05) is 18.8 Å². The molecule has 4 nitrogen and oxygen atoms in total. The number of piperidine rings is 1. The third-order valence-corrected chi connectivity index (χ3v) is 3.66. The van der Waals surface area contributed by atoms with Gasteiger partial charge in [0.15, 0.2) is 0 Å². The maximum atomic E-state index is 12.2. The maximum absolute atomic E-state index is 12.2. The van der Waals surface area contributed by atoms with Crippen molar-refractivity contribution in [1.82, 2.24) is 4.90 Å². The van der Waals surface area contributed by atoms with Crippen molar-refractivity contribution in [3.63, 3.8) is 0 Å². The zero-order valence-electron chi connectivity index (χ0n) is 11.6. The van der Waals surface area contributed by atoms with E-state index in [-0.39, 0.29) is 12.1 Å². The Labute approximate surface area is 114 Å². The van der Waals surface area contributed by atoms with E-state index in [2.05, 4.69) is 12.2 Å². The number of urea groups is 1. The van der Waals surface area contributed by atoms with Crippen molar-refractivity contribution in [2.24, 2.45) is 0 Å². The highest BCUT2D eigenvalue weighted by Gasteiger charge is 2.22. The largest absolute Gasteiger partial charge is 0.391 e. The number of carbonyl (C=O) groups is 1. The predicted octanol–water partition coefficient (Wildman–Crippen LogP) is 2.55. The van der Waals surface area contributed by atoms with Gasteiger partial charge in [-0.1, -0.05) is 25.1 Å². The normalized spacial score (nSPS) is 19.3. The van der Waals surface area contributed by atoms with Gasteiger partial charge in [0.25, 0.3) is 0 Å². The Balaban J connectivity index is 2.10. The van der Waals surface area contributed by atoms with Crippen molar-refractivity contribution in [2.75, 3.05) is 18.4 Å².